The van der Waals surface area contributed by atoms with E-state index in [0.29, 0.717) is 0 Å². The van der Waals surface area contributed by atoms with E-state index in [4.69, 9.17) is 0 Å². The van der Waals surface area contributed by atoms with Gasteiger partial charge < -0.3 is 5.11 Å². The molecule has 1 N–H and O–H groups in total. The van der Waals surface area contributed by atoms with Crippen LogP contribution in [0.1, 0.15) is 62.5 Å². The van der Waals surface area contributed by atoms with Crippen molar-refractivity contribution in [2.45, 2.75) is 57.0 Å². The molecule has 3 rings (SSSR count). The van der Waals surface area contributed by atoms with Crippen LogP contribution in [0, 0.1) is 11.7 Å². The molecule has 0 aromatic heterocycles. The van der Waals surface area contributed by atoms with Crippen molar-refractivity contribution in [2.24, 2.45) is 5.92 Å². The summed E-state index contributed by atoms with van der Waals surface area (Å²) in [6.45, 7) is 2.13. The second kappa shape index (κ2) is 7.48. The summed E-state index contributed by atoms with van der Waals surface area (Å²) in [5.74, 6) is -0.00775. The van der Waals surface area contributed by atoms with Crippen LogP contribution >= 0.6 is 0 Å². The SMILES string of the molecule is CCC(c1ccccc1)C(O)(c1ccc(F)cc1)C1CCCCC1. The van der Waals surface area contributed by atoms with E-state index in [1.54, 1.807) is 12.1 Å². The molecule has 1 aliphatic carbocycles. The first-order valence-corrected chi connectivity index (χ1v) is 9.19. The predicted molar refractivity (Wildman–Crippen MR) is 96.3 cm³/mol. The number of hydrogen-bond donors (Lipinski definition) is 1. The van der Waals surface area contributed by atoms with Crippen molar-refractivity contribution in [3.05, 3.63) is 71.5 Å². The van der Waals surface area contributed by atoms with Crippen LogP contribution in [0.15, 0.2) is 54.6 Å². The standard InChI is InChI=1S/C22H27FO/c1-2-21(17-9-5-3-6-10-17)22(24,18-11-7-4-8-12-18)19-13-15-20(23)16-14-19/h3,5-6,9-10,13-16,18,21,24H,2,4,7-8,11-12H2,1H3. The van der Waals surface area contributed by atoms with Crippen molar-refractivity contribution in [1.29, 1.82) is 0 Å². The average molecular weight is 326 g/mol. The van der Waals surface area contributed by atoms with Crippen LogP contribution in [0.5, 0.6) is 0 Å². The summed E-state index contributed by atoms with van der Waals surface area (Å²) in [4.78, 5) is 0. The lowest BCUT2D eigenvalue weighted by molar-refractivity contribution is -0.0641. The highest BCUT2D eigenvalue weighted by atomic mass is 19.1. The van der Waals surface area contributed by atoms with Gasteiger partial charge in [0.15, 0.2) is 0 Å². The third-order valence-electron chi connectivity index (χ3n) is 5.68. The molecule has 0 saturated heterocycles. The molecule has 0 aliphatic heterocycles. The van der Waals surface area contributed by atoms with E-state index in [1.807, 2.05) is 18.2 Å². The van der Waals surface area contributed by atoms with E-state index < -0.39 is 5.60 Å². The smallest absolute Gasteiger partial charge is 0.123 e. The molecule has 0 amide bonds. The molecular weight excluding hydrogens is 299 g/mol. The van der Waals surface area contributed by atoms with Gasteiger partial charge in [-0.3, -0.25) is 0 Å². The van der Waals surface area contributed by atoms with Crippen molar-refractivity contribution in [2.75, 3.05) is 0 Å². The number of benzene rings is 2. The van der Waals surface area contributed by atoms with Crippen LogP contribution in [0.3, 0.4) is 0 Å². The largest absolute Gasteiger partial charge is 0.384 e. The van der Waals surface area contributed by atoms with Gasteiger partial charge in [0.05, 0.1) is 5.60 Å². The highest BCUT2D eigenvalue weighted by Crippen LogP contribution is 2.49. The first-order valence-electron chi connectivity index (χ1n) is 9.19. The normalized spacial score (nSPS) is 19.6. The van der Waals surface area contributed by atoms with Crippen LogP contribution in [0.4, 0.5) is 4.39 Å². The molecule has 2 aromatic rings. The van der Waals surface area contributed by atoms with Gasteiger partial charge in [-0.2, -0.15) is 0 Å². The molecule has 0 bridgehead atoms. The Morgan fingerprint density at radius 3 is 2.21 bits per heavy atom. The summed E-state index contributed by atoms with van der Waals surface area (Å²) in [5.41, 5.74) is 1.08. The monoisotopic (exact) mass is 326 g/mol. The Hall–Kier alpha value is -1.67. The second-order valence-corrected chi connectivity index (χ2v) is 7.04. The van der Waals surface area contributed by atoms with Crippen molar-refractivity contribution >= 4 is 0 Å². The average Bonchev–Trinajstić information content (AvgIpc) is 2.64. The van der Waals surface area contributed by atoms with Gasteiger partial charge in [0, 0.05) is 5.92 Å². The first kappa shape index (κ1) is 17.2. The van der Waals surface area contributed by atoms with Crippen LogP contribution < -0.4 is 0 Å². The molecule has 0 spiro atoms. The zero-order valence-electron chi connectivity index (χ0n) is 14.4. The van der Waals surface area contributed by atoms with Gasteiger partial charge in [0.1, 0.15) is 5.82 Å². The Balaban J connectivity index is 2.07. The third kappa shape index (κ3) is 3.25. The number of aliphatic hydroxyl groups is 1. The van der Waals surface area contributed by atoms with E-state index in [2.05, 4.69) is 19.1 Å². The molecule has 128 valence electrons. The van der Waals surface area contributed by atoms with Gasteiger partial charge in [-0.25, -0.2) is 4.39 Å². The number of hydrogen-bond acceptors (Lipinski definition) is 1. The molecule has 2 atom stereocenters. The molecule has 0 radical (unpaired) electrons. The molecule has 1 fully saturated rings. The predicted octanol–water partition coefficient (Wildman–Crippen LogP) is 5.79. The van der Waals surface area contributed by atoms with E-state index in [-0.39, 0.29) is 17.7 Å². The molecule has 1 saturated carbocycles. The van der Waals surface area contributed by atoms with Gasteiger partial charge in [-0.05, 0) is 48.4 Å². The van der Waals surface area contributed by atoms with Crippen molar-refractivity contribution in [3.63, 3.8) is 0 Å². The Morgan fingerprint density at radius 2 is 1.62 bits per heavy atom. The fourth-order valence-corrected chi connectivity index (χ4v) is 4.47. The maximum atomic E-state index is 13.4. The fourth-order valence-electron chi connectivity index (χ4n) is 4.47. The maximum Gasteiger partial charge on any atom is 0.123 e. The van der Waals surface area contributed by atoms with Crippen LogP contribution in [0.25, 0.3) is 0 Å². The van der Waals surface area contributed by atoms with Gasteiger partial charge in [0.25, 0.3) is 0 Å². The minimum atomic E-state index is -0.940. The topological polar surface area (TPSA) is 20.2 Å². The maximum absolute atomic E-state index is 13.4. The zero-order chi connectivity index (χ0) is 17.0. The lowest BCUT2D eigenvalue weighted by Gasteiger charge is -2.44. The third-order valence-corrected chi connectivity index (χ3v) is 5.68. The van der Waals surface area contributed by atoms with Crippen LogP contribution in [-0.4, -0.2) is 5.11 Å². The Bertz CT molecular complexity index is 631. The number of rotatable bonds is 5. The lowest BCUT2D eigenvalue weighted by atomic mass is 9.64. The van der Waals surface area contributed by atoms with Gasteiger partial charge in [-0.15, -0.1) is 0 Å². The summed E-state index contributed by atoms with van der Waals surface area (Å²) in [6, 6.07) is 16.8. The molecule has 1 nitrogen and oxygen atoms in total. The minimum Gasteiger partial charge on any atom is -0.384 e. The Kier molecular flexibility index (Phi) is 5.35. The Labute approximate surface area is 144 Å². The summed E-state index contributed by atoms with van der Waals surface area (Å²) in [7, 11) is 0. The molecule has 2 aromatic carbocycles. The summed E-state index contributed by atoms with van der Waals surface area (Å²) in [5, 5.41) is 12.0. The fraction of sp³-hybridized carbons (Fsp3) is 0.455. The summed E-state index contributed by atoms with van der Waals surface area (Å²) >= 11 is 0. The van der Waals surface area contributed by atoms with E-state index in [0.717, 1.165) is 30.4 Å². The zero-order valence-corrected chi connectivity index (χ0v) is 14.4. The molecule has 1 aliphatic rings. The van der Waals surface area contributed by atoms with Crippen molar-refractivity contribution in [1.82, 2.24) is 0 Å². The van der Waals surface area contributed by atoms with Gasteiger partial charge in [-0.1, -0.05) is 68.7 Å². The van der Waals surface area contributed by atoms with E-state index in [9.17, 15) is 9.50 Å². The molecular formula is C22H27FO. The summed E-state index contributed by atoms with van der Waals surface area (Å²) in [6.07, 6.45) is 6.51. The molecule has 24 heavy (non-hydrogen) atoms. The van der Waals surface area contributed by atoms with Crippen LogP contribution in [-0.2, 0) is 5.60 Å². The molecule has 2 unspecified atom stereocenters. The van der Waals surface area contributed by atoms with Crippen molar-refractivity contribution < 1.29 is 9.50 Å². The van der Waals surface area contributed by atoms with Gasteiger partial charge in [0.2, 0.25) is 0 Å². The quantitative estimate of drug-likeness (QED) is 0.737. The Morgan fingerprint density at radius 1 is 1.00 bits per heavy atom. The van der Waals surface area contributed by atoms with E-state index in [1.165, 1.54) is 31.4 Å². The molecule has 0 heterocycles. The second-order valence-electron chi connectivity index (χ2n) is 7.04. The van der Waals surface area contributed by atoms with Crippen molar-refractivity contribution in [3.8, 4) is 0 Å². The number of halogens is 1. The van der Waals surface area contributed by atoms with Crippen LogP contribution in [0.2, 0.25) is 0 Å². The molecule has 2 heteroatoms. The highest BCUT2D eigenvalue weighted by molar-refractivity contribution is 5.32. The first-order chi connectivity index (χ1) is 11.7. The van der Waals surface area contributed by atoms with E-state index >= 15 is 0 Å². The lowest BCUT2D eigenvalue weighted by Crippen LogP contribution is -2.42. The summed E-state index contributed by atoms with van der Waals surface area (Å²) < 4.78 is 13.4. The minimum absolute atomic E-state index is 0.0206. The van der Waals surface area contributed by atoms with Gasteiger partial charge >= 0.3 is 0 Å². The highest BCUT2D eigenvalue weighted by Gasteiger charge is 2.45.